The van der Waals surface area contributed by atoms with Crippen molar-refractivity contribution in [2.75, 3.05) is 6.61 Å². The zero-order valence-corrected chi connectivity index (χ0v) is 9.18. The number of hydrogen-bond acceptors (Lipinski definition) is 1. The lowest BCUT2D eigenvalue weighted by Crippen LogP contribution is -1.86. The van der Waals surface area contributed by atoms with Crippen LogP contribution in [0.5, 0.6) is 0 Å². The molecule has 0 fully saturated rings. The van der Waals surface area contributed by atoms with Crippen molar-refractivity contribution in [1.82, 2.24) is 0 Å². The van der Waals surface area contributed by atoms with E-state index >= 15 is 0 Å². The summed E-state index contributed by atoms with van der Waals surface area (Å²) in [5, 5.41) is 8.59. The van der Waals surface area contributed by atoms with Gasteiger partial charge in [0.05, 0.1) is 0 Å². The molecule has 0 aromatic heterocycles. The fourth-order valence-electron chi connectivity index (χ4n) is 1.55. The third kappa shape index (κ3) is 8.04. The first-order valence-electron chi connectivity index (χ1n) is 5.60. The first-order chi connectivity index (χ1) is 6.35. The molecular formula is C12H24O. The lowest BCUT2D eigenvalue weighted by Gasteiger charge is -2.04. The van der Waals surface area contributed by atoms with Crippen LogP contribution in [0.15, 0.2) is 11.6 Å². The van der Waals surface area contributed by atoms with Crippen molar-refractivity contribution in [3.8, 4) is 0 Å². The van der Waals surface area contributed by atoms with E-state index in [-0.39, 0.29) is 0 Å². The van der Waals surface area contributed by atoms with Gasteiger partial charge < -0.3 is 5.11 Å². The van der Waals surface area contributed by atoms with Crippen molar-refractivity contribution in [3.63, 3.8) is 0 Å². The zero-order chi connectivity index (χ0) is 9.94. The molecule has 0 unspecified atom stereocenters. The highest BCUT2D eigenvalue weighted by Crippen LogP contribution is 2.14. The molecule has 0 aliphatic carbocycles. The van der Waals surface area contributed by atoms with E-state index in [1.807, 2.05) is 0 Å². The second-order valence-electron chi connectivity index (χ2n) is 3.58. The summed E-state index contributed by atoms with van der Waals surface area (Å²) in [5.74, 6) is 0. The largest absolute Gasteiger partial charge is 0.396 e. The van der Waals surface area contributed by atoms with Crippen LogP contribution in [0.2, 0.25) is 0 Å². The Morgan fingerprint density at radius 2 is 1.77 bits per heavy atom. The van der Waals surface area contributed by atoms with Gasteiger partial charge in [0.25, 0.3) is 0 Å². The molecular weight excluding hydrogens is 160 g/mol. The van der Waals surface area contributed by atoms with Gasteiger partial charge in [0.2, 0.25) is 0 Å². The van der Waals surface area contributed by atoms with Crippen LogP contribution in [0.25, 0.3) is 0 Å². The average Bonchev–Trinajstić information content (AvgIpc) is 2.16. The molecule has 1 nitrogen and oxygen atoms in total. The number of rotatable bonds is 8. The Labute approximate surface area is 82.9 Å². The standard InChI is InChI=1S/C12H24O/c1-3-9-12(4-2)10-7-5-6-8-11-13/h4,13H,3,5-11H2,1-2H3. The predicted molar refractivity (Wildman–Crippen MR) is 58.8 cm³/mol. The first-order valence-corrected chi connectivity index (χ1v) is 5.60. The van der Waals surface area contributed by atoms with Crippen molar-refractivity contribution in [3.05, 3.63) is 11.6 Å². The van der Waals surface area contributed by atoms with Gasteiger partial charge in [-0.25, -0.2) is 0 Å². The molecule has 0 saturated carbocycles. The summed E-state index contributed by atoms with van der Waals surface area (Å²) in [7, 11) is 0. The Morgan fingerprint density at radius 1 is 1.08 bits per heavy atom. The van der Waals surface area contributed by atoms with Gasteiger partial charge in [-0.3, -0.25) is 0 Å². The summed E-state index contributed by atoms with van der Waals surface area (Å²) in [6, 6.07) is 0. The summed E-state index contributed by atoms with van der Waals surface area (Å²) >= 11 is 0. The van der Waals surface area contributed by atoms with E-state index in [2.05, 4.69) is 19.9 Å². The second-order valence-corrected chi connectivity index (χ2v) is 3.58. The van der Waals surface area contributed by atoms with E-state index in [1.54, 1.807) is 5.57 Å². The quantitative estimate of drug-likeness (QED) is 0.451. The minimum atomic E-state index is 0.353. The van der Waals surface area contributed by atoms with Crippen LogP contribution in [0.1, 0.15) is 58.8 Å². The van der Waals surface area contributed by atoms with Crippen LogP contribution in [-0.4, -0.2) is 11.7 Å². The van der Waals surface area contributed by atoms with Gasteiger partial charge in [-0.1, -0.05) is 37.8 Å². The van der Waals surface area contributed by atoms with Crippen molar-refractivity contribution in [2.45, 2.75) is 58.8 Å². The van der Waals surface area contributed by atoms with Crippen LogP contribution >= 0.6 is 0 Å². The lowest BCUT2D eigenvalue weighted by molar-refractivity contribution is 0.282. The summed E-state index contributed by atoms with van der Waals surface area (Å²) in [5.41, 5.74) is 1.60. The third-order valence-corrected chi connectivity index (χ3v) is 2.39. The number of unbranched alkanes of at least 4 members (excludes halogenated alkanes) is 3. The molecule has 1 heteroatoms. The van der Waals surface area contributed by atoms with Gasteiger partial charge in [0.1, 0.15) is 0 Å². The van der Waals surface area contributed by atoms with Gasteiger partial charge in [-0.15, -0.1) is 0 Å². The predicted octanol–water partition coefficient (Wildman–Crippen LogP) is 3.68. The van der Waals surface area contributed by atoms with E-state index in [0.717, 1.165) is 6.42 Å². The Kier molecular flexibility index (Phi) is 9.56. The molecule has 0 aliphatic rings. The maximum atomic E-state index is 8.59. The molecule has 0 aliphatic heterocycles. The Balaban J connectivity index is 3.29. The first kappa shape index (κ1) is 12.7. The maximum Gasteiger partial charge on any atom is 0.0431 e. The summed E-state index contributed by atoms with van der Waals surface area (Å²) in [4.78, 5) is 0. The lowest BCUT2D eigenvalue weighted by atomic mass is 10.0. The average molecular weight is 184 g/mol. The summed E-state index contributed by atoms with van der Waals surface area (Å²) in [6.07, 6.45) is 10.7. The van der Waals surface area contributed by atoms with Crippen molar-refractivity contribution in [1.29, 1.82) is 0 Å². The molecule has 0 aromatic carbocycles. The molecule has 13 heavy (non-hydrogen) atoms. The van der Waals surface area contributed by atoms with Crippen LogP contribution < -0.4 is 0 Å². The van der Waals surface area contributed by atoms with Gasteiger partial charge >= 0.3 is 0 Å². The van der Waals surface area contributed by atoms with Crippen LogP contribution in [0.3, 0.4) is 0 Å². The molecule has 0 spiro atoms. The highest BCUT2D eigenvalue weighted by molar-refractivity contribution is 4.99. The Hall–Kier alpha value is -0.300. The molecule has 1 N–H and O–H groups in total. The van der Waals surface area contributed by atoms with Gasteiger partial charge in [0.15, 0.2) is 0 Å². The summed E-state index contributed by atoms with van der Waals surface area (Å²) in [6.45, 7) is 4.72. The van der Waals surface area contributed by atoms with Crippen LogP contribution in [0.4, 0.5) is 0 Å². The van der Waals surface area contributed by atoms with Gasteiger partial charge in [-0.2, -0.15) is 0 Å². The molecule has 0 amide bonds. The summed E-state index contributed by atoms with van der Waals surface area (Å²) < 4.78 is 0. The van der Waals surface area contributed by atoms with E-state index in [4.69, 9.17) is 5.11 Å². The highest BCUT2D eigenvalue weighted by Gasteiger charge is 1.95. The molecule has 78 valence electrons. The minimum absolute atomic E-state index is 0.353. The zero-order valence-electron chi connectivity index (χ0n) is 9.18. The number of allylic oxidation sites excluding steroid dienone is 2. The molecule has 0 aromatic rings. The van der Waals surface area contributed by atoms with Gasteiger partial charge in [-0.05, 0) is 32.6 Å². The number of aliphatic hydroxyl groups excluding tert-OH is 1. The second kappa shape index (κ2) is 9.79. The van der Waals surface area contributed by atoms with E-state index < -0.39 is 0 Å². The van der Waals surface area contributed by atoms with E-state index in [0.29, 0.717) is 6.61 Å². The third-order valence-electron chi connectivity index (χ3n) is 2.39. The smallest absolute Gasteiger partial charge is 0.0431 e. The van der Waals surface area contributed by atoms with Crippen molar-refractivity contribution in [2.24, 2.45) is 0 Å². The maximum absolute atomic E-state index is 8.59. The molecule has 0 heterocycles. The van der Waals surface area contributed by atoms with Crippen LogP contribution in [-0.2, 0) is 0 Å². The normalized spacial score (nSPS) is 12.1. The number of hydrogen-bond donors (Lipinski definition) is 1. The highest BCUT2D eigenvalue weighted by atomic mass is 16.2. The van der Waals surface area contributed by atoms with Crippen molar-refractivity contribution >= 4 is 0 Å². The van der Waals surface area contributed by atoms with E-state index in [1.165, 1.54) is 38.5 Å². The minimum Gasteiger partial charge on any atom is -0.396 e. The monoisotopic (exact) mass is 184 g/mol. The van der Waals surface area contributed by atoms with E-state index in [9.17, 15) is 0 Å². The molecule has 0 radical (unpaired) electrons. The molecule has 0 rings (SSSR count). The molecule has 0 saturated heterocycles. The van der Waals surface area contributed by atoms with Crippen molar-refractivity contribution < 1.29 is 5.11 Å². The molecule has 0 bridgehead atoms. The van der Waals surface area contributed by atoms with Crippen LogP contribution in [0, 0.1) is 0 Å². The van der Waals surface area contributed by atoms with Gasteiger partial charge in [0, 0.05) is 6.61 Å². The molecule has 0 atom stereocenters. The number of aliphatic hydroxyl groups is 1. The fraction of sp³-hybridized carbons (Fsp3) is 0.833. The Bertz CT molecular complexity index is 127. The Morgan fingerprint density at radius 3 is 2.31 bits per heavy atom. The fourth-order valence-corrected chi connectivity index (χ4v) is 1.55. The SMILES string of the molecule is CC=C(CCC)CCCCCCO. The topological polar surface area (TPSA) is 20.2 Å².